The molecule has 4 rings (SSSR count). The highest BCUT2D eigenvalue weighted by atomic mass is 16.5. The van der Waals surface area contributed by atoms with Crippen LogP contribution in [-0.4, -0.2) is 33.0 Å². The fraction of sp³-hybridized carbons (Fsp3) is 0.360. The summed E-state index contributed by atoms with van der Waals surface area (Å²) in [6.45, 7) is 8.44. The molecule has 0 saturated carbocycles. The summed E-state index contributed by atoms with van der Waals surface area (Å²) in [5, 5.41) is 0. The Morgan fingerprint density at radius 1 is 1.04 bits per heavy atom. The largest absolute Gasteiger partial charge is 0.378 e. The van der Waals surface area contributed by atoms with E-state index in [0.717, 1.165) is 13.2 Å². The number of nitrogens with zero attached hydrogens (tertiary/aromatic N) is 2. The highest BCUT2D eigenvalue weighted by Crippen LogP contribution is 2.55. The second-order valence-corrected chi connectivity index (χ2v) is 8.55. The molecular formula is C25H30N2O. The average Bonchev–Trinajstić information content (AvgIpc) is 3.17. The number of anilines is 2. The first-order valence-electron chi connectivity index (χ1n) is 10.0. The molecule has 0 aliphatic carbocycles. The van der Waals surface area contributed by atoms with Crippen molar-refractivity contribution in [2.75, 3.05) is 37.0 Å². The molecule has 0 radical (unpaired) electrons. The van der Waals surface area contributed by atoms with Gasteiger partial charge in [-0.15, -0.1) is 0 Å². The monoisotopic (exact) mass is 374 g/mol. The lowest BCUT2D eigenvalue weighted by Gasteiger charge is -2.39. The van der Waals surface area contributed by atoms with E-state index in [2.05, 4.69) is 111 Å². The predicted molar refractivity (Wildman–Crippen MR) is 119 cm³/mol. The SMILES string of the molecule is Cc1ccc2c(c1)C(C)(C)C1(C=CC=Cc3ccc(N(C)C)cc3)OCCN21. The molecule has 2 aromatic rings. The maximum Gasteiger partial charge on any atom is 0.170 e. The third kappa shape index (κ3) is 2.85. The number of ether oxygens (including phenoxy) is 1. The summed E-state index contributed by atoms with van der Waals surface area (Å²) >= 11 is 0. The van der Waals surface area contributed by atoms with Crippen molar-refractivity contribution in [3.8, 4) is 0 Å². The van der Waals surface area contributed by atoms with Gasteiger partial charge in [0.05, 0.1) is 6.61 Å². The fourth-order valence-corrected chi connectivity index (χ4v) is 4.52. The van der Waals surface area contributed by atoms with Gasteiger partial charge >= 0.3 is 0 Å². The molecule has 2 heterocycles. The average molecular weight is 375 g/mol. The Hall–Kier alpha value is -2.52. The highest BCUT2D eigenvalue weighted by Gasteiger charge is 2.58. The number of allylic oxidation sites excluding steroid dienone is 2. The summed E-state index contributed by atoms with van der Waals surface area (Å²) < 4.78 is 6.40. The van der Waals surface area contributed by atoms with Gasteiger partial charge in [0.2, 0.25) is 0 Å². The van der Waals surface area contributed by atoms with Crippen molar-refractivity contribution in [3.05, 3.63) is 77.4 Å². The zero-order valence-corrected chi connectivity index (χ0v) is 17.6. The Bertz CT molecular complexity index is 924. The zero-order chi connectivity index (χ0) is 19.9. The van der Waals surface area contributed by atoms with Gasteiger partial charge in [0.1, 0.15) is 0 Å². The lowest BCUT2D eigenvalue weighted by atomic mass is 9.77. The minimum Gasteiger partial charge on any atom is -0.378 e. The topological polar surface area (TPSA) is 15.7 Å². The van der Waals surface area contributed by atoms with Gasteiger partial charge in [0, 0.05) is 37.4 Å². The second kappa shape index (κ2) is 6.82. The van der Waals surface area contributed by atoms with Gasteiger partial charge in [-0.25, -0.2) is 0 Å². The smallest absolute Gasteiger partial charge is 0.170 e. The van der Waals surface area contributed by atoms with Gasteiger partial charge < -0.3 is 14.5 Å². The molecule has 3 nitrogen and oxygen atoms in total. The molecule has 2 aromatic carbocycles. The molecule has 0 N–H and O–H groups in total. The van der Waals surface area contributed by atoms with Gasteiger partial charge in [-0.05, 0) is 42.3 Å². The van der Waals surface area contributed by atoms with E-state index < -0.39 is 5.72 Å². The molecule has 146 valence electrons. The molecule has 3 heteroatoms. The number of hydrogen-bond acceptors (Lipinski definition) is 3. The third-order valence-corrected chi connectivity index (χ3v) is 6.18. The molecule has 0 spiro atoms. The maximum absolute atomic E-state index is 6.40. The molecule has 0 bridgehead atoms. The van der Waals surface area contributed by atoms with Gasteiger partial charge in [-0.1, -0.05) is 61.9 Å². The predicted octanol–water partition coefficient (Wildman–Crippen LogP) is 5.15. The van der Waals surface area contributed by atoms with Gasteiger partial charge in [-0.3, -0.25) is 0 Å². The standard InChI is InChI=1S/C25H30N2O/c1-19-9-14-23-22(18-19)24(2,3)25(27(23)16-17-28-25)15-7-6-8-20-10-12-21(13-11-20)26(4)5/h6-15,18H,16-17H2,1-5H3. The summed E-state index contributed by atoms with van der Waals surface area (Å²) in [4.78, 5) is 4.54. The molecular weight excluding hydrogens is 344 g/mol. The first-order chi connectivity index (χ1) is 13.3. The van der Waals surface area contributed by atoms with Crippen molar-refractivity contribution < 1.29 is 4.74 Å². The van der Waals surface area contributed by atoms with Crippen molar-refractivity contribution in [1.29, 1.82) is 0 Å². The number of aryl methyl sites for hydroxylation is 1. The number of hydrogen-bond donors (Lipinski definition) is 0. The van der Waals surface area contributed by atoms with Crippen molar-refractivity contribution in [2.45, 2.75) is 31.9 Å². The first-order valence-corrected chi connectivity index (χ1v) is 10.0. The summed E-state index contributed by atoms with van der Waals surface area (Å²) in [5.74, 6) is 0. The van der Waals surface area contributed by atoms with Crippen LogP contribution in [0.2, 0.25) is 0 Å². The van der Waals surface area contributed by atoms with E-state index in [1.54, 1.807) is 0 Å². The molecule has 1 saturated heterocycles. The minimum absolute atomic E-state index is 0.109. The van der Waals surface area contributed by atoms with Crippen LogP contribution >= 0.6 is 0 Å². The van der Waals surface area contributed by atoms with Gasteiger partial charge in [0.25, 0.3) is 0 Å². The van der Waals surface area contributed by atoms with E-state index in [1.807, 2.05) is 0 Å². The number of fused-ring (bicyclic) bond motifs is 3. The van der Waals surface area contributed by atoms with E-state index in [-0.39, 0.29) is 5.41 Å². The van der Waals surface area contributed by atoms with E-state index in [1.165, 1.54) is 28.1 Å². The Kier molecular flexibility index (Phi) is 4.59. The van der Waals surface area contributed by atoms with Crippen LogP contribution in [0.1, 0.15) is 30.5 Å². The third-order valence-electron chi connectivity index (χ3n) is 6.18. The molecule has 2 aliphatic rings. The molecule has 0 aromatic heterocycles. The van der Waals surface area contributed by atoms with E-state index in [9.17, 15) is 0 Å². The van der Waals surface area contributed by atoms with E-state index >= 15 is 0 Å². The van der Waals surface area contributed by atoms with Crippen LogP contribution in [0.4, 0.5) is 11.4 Å². The second-order valence-electron chi connectivity index (χ2n) is 8.55. The van der Waals surface area contributed by atoms with E-state index in [0.29, 0.717) is 0 Å². The van der Waals surface area contributed by atoms with Crippen LogP contribution in [0.25, 0.3) is 6.08 Å². The van der Waals surface area contributed by atoms with Crippen LogP contribution in [0.5, 0.6) is 0 Å². The number of rotatable bonds is 4. The fourth-order valence-electron chi connectivity index (χ4n) is 4.52. The molecule has 0 amide bonds. The zero-order valence-electron chi connectivity index (χ0n) is 17.6. The summed E-state index contributed by atoms with van der Waals surface area (Å²) in [6, 6.07) is 15.3. The van der Waals surface area contributed by atoms with Crippen molar-refractivity contribution in [2.24, 2.45) is 0 Å². The van der Waals surface area contributed by atoms with Crippen LogP contribution < -0.4 is 9.80 Å². The Balaban J connectivity index is 1.60. The molecule has 1 atom stereocenters. The van der Waals surface area contributed by atoms with Gasteiger partial charge in [-0.2, -0.15) is 0 Å². The quantitative estimate of drug-likeness (QED) is 0.688. The molecule has 2 aliphatic heterocycles. The highest BCUT2D eigenvalue weighted by molar-refractivity contribution is 5.69. The lowest BCUT2D eigenvalue weighted by molar-refractivity contribution is -0.000299. The number of benzene rings is 2. The Morgan fingerprint density at radius 3 is 2.50 bits per heavy atom. The van der Waals surface area contributed by atoms with Crippen LogP contribution in [0.15, 0.2) is 60.7 Å². The molecule has 28 heavy (non-hydrogen) atoms. The Labute approximate surface area is 168 Å². The maximum atomic E-state index is 6.40. The minimum atomic E-state index is -0.414. The summed E-state index contributed by atoms with van der Waals surface area (Å²) in [5.41, 5.74) is 5.86. The Morgan fingerprint density at radius 2 is 1.79 bits per heavy atom. The van der Waals surface area contributed by atoms with Crippen molar-refractivity contribution in [3.63, 3.8) is 0 Å². The summed E-state index contributed by atoms with van der Waals surface area (Å²) in [6.07, 6.45) is 8.63. The van der Waals surface area contributed by atoms with Crippen LogP contribution in [-0.2, 0) is 10.2 Å². The lowest BCUT2D eigenvalue weighted by Crippen LogP contribution is -2.51. The normalized spacial score (nSPS) is 22.8. The van der Waals surface area contributed by atoms with Crippen LogP contribution in [0.3, 0.4) is 0 Å². The molecule has 1 unspecified atom stereocenters. The molecule has 1 fully saturated rings. The first kappa shape index (κ1) is 18.8. The van der Waals surface area contributed by atoms with E-state index in [4.69, 9.17) is 4.74 Å². The van der Waals surface area contributed by atoms with Crippen LogP contribution in [0, 0.1) is 6.92 Å². The van der Waals surface area contributed by atoms with Gasteiger partial charge in [0.15, 0.2) is 5.72 Å². The summed E-state index contributed by atoms with van der Waals surface area (Å²) in [7, 11) is 4.12. The van der Waals surface area contributed by atoms with Crippen molar-refractivity contribution in [1.82, 2.24) is 0 Å². The van der Waals surface area contributed by atoms with Crippen molar-refractivity contribution >= 4 is 17.5 Å².